The number of likely N-dealkylation sites (N-methyl/N-ethyl adjacent to an activating group) is 1. The van der Waals surface area contributed by atoms with E-state index in [4.69, 9.17) is 4.74 Å². The molecule has 1 aliphatic rings. The van der Waals surface area contributed by atoms with Crippen molar-refractivity contribution in [3.8, 4) is 0 Å². The van der Waals surface area contributed by atoms with Gasteiger partial charge in [-0.2, -0.15) is 0 Å². The van der Waals surface area contributed by atoms with E-state index in [1.54, 1.807) is 12.1 Å². The van der Waals surface area contributed by atoms with Crippen LogP contribution in [0.4, 0.5) is 0 Å². The maximum atomic E-state index is 12.1. The third-order valence-electron chi connectivity index (χ3n) is 4.55. The van der Waals surface area contributed by atoms with Crippen molar-refractivity contribution in [1.29, 1.82) is 0 Å². The minimum atomic E-state index is -0.0293. The van der Waals surface area contributed by atoms with Crippen molar-refractivity contribution in [2.45, 2.75) is 18.4 Å². The Bertz CT molecular complexity index is 542. The highest BCUT2D eigenvalue weighted by Gasteiger charge is 2.34. The number of hydrogen-bond acceptors (Lipinski definition) is 5. The van der Waals surface area contributed by atoms with E-state index in [1.165, 1.54) is 11.8 Å². The molecule has 1 amide bonds. The summed E-state index contributed by atoms with van der Waals surface area (Å²) < 4.78 is 5.43. The molecule has 0 atom stereocenters. The highest BCUT2D eigenvalue weighted by molar-refractivity contribution is 8.00. The summed E-state index contributed by atoms with van der Waals surface area (Å²) in [5.74, 6) is 0.666. The monoisotopic (exact) mass is 350 g/mol. The van der Waals surface area contributed by atoms with Crippen LogP contribution in [0.5, 0.6) is 0 Å². The normalized spacial score (nSPS) is 16.8. The standard InChI is InChI=1S/C18H26N2O3S/c1-20(2)18(8-10-23-11-9-18)14-19-17(22)13-24-12-16(21)15-6-4-3-5-7-15/h3-7H,8-14H2,1-2H3,(H,19,22). The zero-order valence-electron chi connectivity index (χ0n) is 14.4. The van der Waals surface area contributed by atoms with E-state index < -0.39 is 0 Å². The molecule has 0 spiro atoms. The number of ether oxygens (including phenoxy) is 1. The van der Waals surface area contributed by atoms with Crippen LogP contribution >= 0.6 is 11.8 Å². The van der Waals surface area contributed by atoms with E-state index in [1.807, 2.05) is 32.3 Å². The van der Waals surface area contributed by atoms with E-state index in [0.717, 1.165) is 26.1 Å². The summed E-state index contributed by atoms with van der Waals surface area (Å²) in [5, 5.41) is 3.02. The Labute approximate surface area is 148 Å². The fraction of sp³-hybridized carbons (Fsp3) is 0.556. The molecule has 1 aliphatic heterocycles. The molecular formula is C18H26N2O3S. The van der Waals surface area contributed by atoms with E-state index in [0.29, 0.717) is 23.6 Å². The summed E-state index contributed by atoms with van der Waals surface area (Å²) in [6.07, 6.45) is 1.83. The lowest BCUT2D eigenvalue weighted by Crippen LogP contribution is -2.55. The van der Waals surface area contributed by atoms with Gasteiger partial charge in [0.05, 0.1) is 11.5 Å². The molecule has 2 rings (SSSR count). The predicted octanol–water partition coefficient (Wildman–Crippen LogP) is 1.83. The maximum absolute atomic E-state index is 12.1. The van der Waals surface area contributed by atoms with Crippen LogP contribution in [0.3, 0.4) is 0 Å². The number of amides is 1. The summed E-state index contributed by atoms with van der Waals surface area (Å²) in [6, 6.07) is 9.18. The molecule has 1 aromatic carbocycles. The zero-order valence-corrected chi connectivity index (χ0v) is 15.2. The number of rotatable bonds is 8. The van der Waals surface area contributed by atoms with Gasteiger partial charge in [-0.15, -0.1) is 11.8 Å². The molecule has 132 valence electrons. The van der Waals surface area contributed by atoms with Crippen LogP contribution in [0, 0.1) is 0 Å². The third kappa shape index (κ3) is 5.33. The average Bonchev–Trinajstić information content (AvgIpc) is 2.61. The first kappa shape index (κ1) is 19.0. The molecular weight excluding hydrogens is 324 g/mol. The number of nitrogens with zero attached hydrogens (tertiary/aromatic N) is 1. The molecule has 0 aliphatic carbocycles. The Morgan fingerprint density at radius 2 is 1.83 bits per heavy atom. The summed E-state index contributed by atoms with van der Waals surface area (Å²) in [7, 11) is 4.09. The lowest BCUT2D eigenvalue weighted by atomic mass is 9.88. The molecule has 1 saturated heterocycles. The highest BCUT2D eigenvalue weighted by atomic mass is 32.2. The van der Waals surface area contributed by atoms with Crippen molar-refractivity contribution >= 4 is 23.5 Å². The summed E-state index contributed by atoms with van der Waals surface area (Å²) in [5.41, 5.74) is 0.664. The van der Waals surface area contributed by atoms with Gasteiger partial charge in [0.15, 0.2) is 5.78 Å². The fourth-order valence-electron chi connectivity index (χ4n) is 2.79. The number of ketones is 1. The molecule has 0 aromatic heterocycles. The lowest BCUT2D eigenvalue weighted by Gasteiger charge is -2.42. The Morgan fingerprint density at radius 3 is 2.46 bits per heavy atom. The van der Waals surface area contributed by atoms with Gasteiger partial charge < -0.3 is 15.0 Å². The van der Waals surface area contributed by atoms with Crippen LogP contribution in [-0.2, 0) is 9.53 Å². The number of thioether (sulfide) groups is 1. The second kappa shape index (κ2) is 9.20. The lowest BCUT2D eigenvalue weighted by molar-refractivity contribution is -0.119. The molecule has 0 unspecified atom stereocenters. The van der Waals surface area contributed by atoms with Crippen molar-refractivity contribution in [2.24, 2.45) is 0 Å². The van der Waals surface area contributed by atoms with Gasteiger partial charge in [0.1, 0.15) is 0 Å². The summed E-state index contributed by atoms with van der Waals surface area (Å²) in [6.45, 7) is 2.08. The number of carbonyl (C=O) groups is 2. The van der Waals surface area contributed by atoms with E-state index in [2.05, 4.69) is 10.2 Å². The molecule has 1 fully saturated rings. The topological polar surface area (TPSA) is 58.6 Å². The number of benzene rings is 1. The molecule has 0 saturated carbocycles. The Hall–Kier alpha value is -1.37. The molecule has 1 heterocycles. The number of carbonyl (C=O) groups excluding carboxylic acids is 2. The largest absolute Gasteiger partial charge is 0.381 e. The first-order valence-corrected chi connectivity index (χ1v) is 9.37. The third-order valence-corrected chi connectivity index (χ3v) is 5.48. The Morgan fingerprint density at radius 1 is 1.17 bits per heavy atom. The van der Waals surface area contributed by atoms with Crippen LogP contribution in [0.2, 0.25) is 0 Å². The number of Topliss-reactive ketones (excluding diaryl/α,β-unsaturated/α-hetero) is 1. The summed E-state index contributed by atoms with van der Waals surface area (Å²) in [4.78, 5) is 26.3. The van der Waals surface area contributed by atoms with Crippen LogP contribution < -0.4 is 5.32 Å². The van der Waals surface area contributed by atoms with Gasteiger partial charge in [0.2, 0.25) is 5.91 Å². The molecule has 5 nitrogen and oxygen atoms in total. The van der Waals surface area contributed by atoms with Gasteiger partial charge in [-0.25, -0.2) is 0 Å². The zero-order chi connectivity index (χ0) is 17.4. The Kier molecular flexibility index (Phi) is 7.27. The minimum absolute atomic E-state index is 0.0198. The van der Waals surface area contributed by atoms with Crippen LogP contribution in [0.25, 0.3) is 0 Å². The second-order valence-corrected chi connectivity index (χ2v) is 7.28. The minimum Gasteiger partial charge on any atom is -0.381 e. The van der Waals surface area contributed by atoms with Crippen molar-refractivity contribution in [1.82, 2.24) is 10.2 Å². The van der Waals surface area contributed by atoms with Crippen LogP contribution in [0.15, 0.2) is 30.3 Å². The Balaban J connectivity index is 1.72. The number of hydrogen-bond donors (Lipinski definition) is 1. The van der Waals surface area contributed by atoms with Gasteiger partial charge in [0.25, 0.3) is 0 Å². The molecule has 0 bridgehead atoms. The molecule has 0 radical (unpaired) electrons. The van der Waals surface area contributed by atoms with Crippen molar-refractivity contribution < 1.29 is 14.3 Å². The van der Waals surface area contributed by atoms with Gasteiger partial charge in [0, 0.05) is 30.9 Å². The predicted molar refractivity (Wildman–Crippen MR) is 97.6 cm³/mol. The van der Waals surface area contributed by atoms with Gasteiger partial charge in [-0.05, 0) is 26.9 Å². The maximum Gasteiger partial charge on any atom is 0.230 e. The van der Waals surface area contributed by atoms with Crippen molar-refractivity contribution in [3.05, 3.63) is 35.9 Å². The quantitative estimate of drug-likeness (QED) is 0.725. The molecule has 6 heteroatoms. The summed E-state index contributed by atoms with van der Waals surface area (Å²) >= 11 is 1.36. The van der Waals surface area contributed by atoms with Crippen LogP contribution in [-0.4, -0.2) is 67.5 Å². The smallest absolute Gasteiger partial charge is 0.230 e. The van der Waals surface area contributed by atoms with E-state index in [-0.39, 0.29) is 17.2 Å². The first-order chi connectivity index (χ1) is 11.5. The van der Waals surface area contributed by atoms with E-state index in [9.17, 15) is 9.59 Å². The van der Waals surface area contributed by atoms with Gasteiger partial charge in [-0.3, -0.25) is 9.59 Å². The van der Waals surface area contributed by atoms with Crippen molar-refractivity contribution in [2.75, 3.05) is 45.4 Å². The molecule has 24 heavy (non-hydrogen) atoms. The average molecular weight is 350 g/mol. The first-order valence-electron chi connectivity index (χ1n) is 8.21. The van der Waals surface area contributed by atoms with Gasteiger partial charge in [-0.1, -0.05) is 30.3 Å². The van der Waals surface area contributed by atoms with Gasteiger partial charge >= 0.3 is 0 Å². The highest BCUT2D eigenvalue weighted by Crippen LogP contribution is 2.25. The fourth-order valence-corrected chi connectivity index (χ4v) is 3.53. The van der Waals surface area contributed by atoms with Crippen LogP contribution in [0.1, 0.15) is 23.2 Å². The molecule has 1 aromatic rings. The second-order valence-electron chi connectivity index (χ2n) is 6.29. The SMILES string of the molecule is CN(C)C1(CNC(=O)CSCC(=O)c2ccccc2)CCOCC1. The van der Waals surface area contributed by atoms with E-state index >= 15 is 0 Å². The number of nitrogens with one attached hydrogen (secondary N) is 1. The van der Waals surface area contributed by atoms with Crippen molar-refractivity contribution in [3.63, 3.8) is 0 Å². The molecule has 1 N–H and O–H groups in total.